The first-order valence-electron chi connectivity index (χ1n) is 2.19. The van der Waals surface area contributed by atoms with Crippen molar-refractivity contribution in [3.05, 3.63) is 0 Å². The van der Waals surface area contributed by atoms with Crippen molar-refractivity contribution in [3.8, 4) is 0 Å². The average Bonchev–Trinajstić information content (AvgIpc) is 1.82. The van der Waals surface area contributed by atoms with E-state index in [2.05, 4.69) is 4.74 Å². The molecule has 0 aromatic rings. The molecule has 0 N–H and O–H groups in total. The van der Waals surface area contributed by atoms with Gasteiger partial charge in [0.15, 0.2) is 0 Å². The summed E-state index contributed by atoms with van der Waals surface area (Å²) >= 11 is 0. The number of hydrogen-bond acceptors (Lipinski definition) is 2. The largest absolute Gasteiger partial charge is 0.459 e. The van der Waals surface area contributed by atoms with Crippen LogP contribution in [0, 0.1) is 0 Å². The number of ether oxygens (including phenoxy) is 1. The van der Waals surface area contributed by atoms with Crippen LogP contribution in [0.3, 0.4) is 0 Å². The van der Waals surface area contributed by atoms with E-state index in [1.807, 2.05) is 0 Å². The molecule has 0 aliphatic heterocycles. The summed E-state index contributed by atoms with van der Waals surface area (Å²) in [4.78, 5) is 9.76. The van der Waals surface area contributed by atoms with E-state index in [9.17, 15) is 18.0 Å². The minimum atomic E-state index is -3.16. The van der Waals surface area contributed by atoms with Gasteiger partial charge in [0.05, 0.1) is 0 Å². The maximum absolute atomic E-state index is 11.2. The third-order valence-electron chi connectivity index (χ3n) is 0.500. The Hall–Kier alpha value is -0.740. The van der Waals surface area contributed by atoms with Crippen molar-refractivity contribution in [2.24, 2.45) is 0 Å². The standard InChI is InChI=1S/C4H5F3O2/c5-1-2-9-4(8)3(6)7/h3H,1-2H2. The molecule has 0 aliphatic rings. The molecule has 0 rings (SSSR count). The summed E-state index contributed by atoms with van der Waals surface area (Å²) in [6, 6.07) is 0. The number of esters is 1. The first-order valence-corrected chi connectivity index (χ1v) is 2.19. The second-order valence-corrected chi connectivity index (χ2v) is 1.16. The van der Waals surface area contributed by atoms with Crippen molar-refractivity contribution in [3.63, 3.8) is 0 Å². The molecule has 0 aliphatic carbocycles. The van der Waals surface area contributed by atoms with Crippen LogP contribution in [-0.4, -0.2) is 25.7 Å². The van der Waals surface area contributed by atoms with Crippen LogP contribution in [0.1, 0.15) is 0 Å². The highest BCUT2D eigenvalue weighted by Crippen LogP contribution is 1.94. The molecule has 0 aromatic carbocycles. The maximum atomic E-state index is 11.2. The van der Waals surface area contributed by atoms with E-state index in [-0.39, 0.29) is 0 Å². The van der Waals surface area contributed by atoms with Crippen LogP contribution in [0.5, 0.6) is 0 Å². The van der Waals surface area contributed by atoms with Crippen molar-refractivity contribution >= 4 is 5.97 Å². The van der Waals surface area contributed by atoms with Gasteiger partial charge in [-0.25, -0.2) is 9.18 Å². The molecular weight excluding hydrogens is 137 g/mol. The van der Waals surface area contributed by atoms with Gasteiger partial charge in [-0.15, -0.1) is 0 Å². The number of alkyl halides is 3. The molecule has 0 spiro atoms. The van der Waals surface area contributed by atoms with Crippen molar-refractivity contribution in [1.29, 1.82) is 0 Å². The van der Waals surface area contributed by atoms with Gasteiger partial charge >= 0.3 is 12.4 Å². The van der Waals surface area contributed by atoms with Gasteiger partial charge < -0.3 is 4.74 Å². The minimum absolute atomic E-state index is 0.594. The number of halogens is 3. The molecular formula is C4H5F3O2. The van der Waals surface area contributed by atoms with Crippen molar-refractivity contribution in [1.82, 2.24) is 0 Å². The van der Waals surface area contributed by atoms with Gasteiger partial charge in [0, 0.05) is 0 Å². The highest BCUT2D eigenvalue weighted by molar-refractivity contribution is 5.72. The van der Waals surface area contributed by atoms with Gasteiger partial charge in [0.1, 0.15) is 13.3 Å². The molecule has 9 heavy (non-hydrogen) atoms. The molecule has 0 saturated carbocycles. The molecule has 0 bridgehead atoms. The lowest BCUT2D eigenvalue weighted by molar-refractivity contribution is -0.156. The van der Waals surface area contributed by atoms with Crippen molar-refractivity contribution in [2.75, 3.05) is 13.3 Å². The van der Waals surface area contributed by atoms with Gasteiger partial charge in [0.25, 0.3) is 0 Å². The number of rotatable bonds is 3. The Balaban J connectivity index is 3.28. The lowest BCUT2D eigenvalue weighted by atomic mass is 10.7. The van der Waals surface area contributed by atoms with Crippen LogP contribution in [0.25, 0.3) is 0 Å². The fourth-order valence-electron chi connectivity index (χ4n) is 0.202. The van der Waals surface area contributed by atoms with Crippen LogP contribution in [0.15, 0.2) is 0 Å². The fraction of sp³-hybridized carbons (Fsp3) is 0.750. The summed E-state index contributed by atoms with van der Waals surface area (Å²) < 4.78 is 37.1. The van der Waals surface area contributed by atoms with E-state index in [0.29, 0.717) is 0 Å². The maximum Gasteiger partial charge on any atom is 0.373 e. The Bertz CT molecular complexity index is 93.8. The summed E-state index contributed by atoms with van der Waals surface area (Å²) in [6.45, 7) is -1.53. The lowest BCUT2D eigenvalue weighted by Gasteiger charge is -1.97. The molecule has 54 valence electrons. The van der Waals surface area contributed by atoms with E-state index >= 15 is 0 Å². The monoisotopic (exact) mass is 142 g/mol. The van der Waals surface area contributed by atoms with Crippen LogP contribution >= 0.6 is 0 Å². The third kappa shape index (κ3) is 3.81. The van der Waals surface area contributed by atoms with E-state index in [1.54, 1.807) is 0 Å². The molecule has 0 heterocycles. The second kappa shape index (κ2) is 4.17. The molecule has 5 heteroatoms. The average molecular weight is 142 g/mol. The molecule has 0 radical (unpaired) electrons. The Labute approximate surface area is 49.6 Å². The summed E-state index contributed by atoms with van der Waals surface area (Å²) in [7, 11) is 0. The highest BCUT2D eigenvalue weighted by Gasteiger charge is 2.15. The molecule has 0 atom stereocenters. The Morgan fingerprint density at radius 2 is 2.11 bits per heavy atom. The zero-order valence-corrected chi connectivity index (χ0v) is 4.44. The van der Waals surface area contributed by atoms with Crippen LogP contribution in [0.2, 0.25) is 0 Å². The zero-order chi connectivity index (χ0) is 7.28. The SMILES string of the molecule is O=C(OCCF)C(F)F. The molecule has 2 nitrogen and oxygen atoms in total. The number of carbonyl (C=O) groups is 1. The quantitative estimate of drug-likeness (QED) is 0.544. The van der Waals surface area contributed by atoms with Gasteiger partial charge in [-0.05, 0) is 0 Å². The van der Waals surface area contributed by atoms with Crippen LogP contribution in [0.4, 0.5) is 13.2 Å². The van der Waals surface area contributed by atoms with E-state index in [1.165, 1.54) is 0 Å². The lowest BCUT2D eigenvalue weighted by Crippen LogP contribution is -2.15. The highest BCUT2D eigenvalue weighted by atomic mass is 19.3. The number of carbonyl (C=O) groups excluding carboxylic acids is 1. The van der Waals surface area contributed by atoms with Gasteiger partial charge in [0.2, 0.25) is 0 Å². The first kappa shape index (κ1) is 8.26. The zero-order valence-electron chi connectivity index (χ0n) is 4.44. The third-order valence-corrected chi connectivity index (χ3v) is 0.500. The topological polar surface area (TPSA) is 26.3 Å². The predicted molar refractivity (Wildman–Crippen MR) is 22.9 cm³/mol. The van der Waals surface area contributed by atoms with E-state index in [0.717, 1.165) is 0 Å². The molecule has 0 saturated heterocycles. The van der Waals surface area contributed by atoms with Gasteiger partial charge in [-0.3, -0.25) is 0 Å². The molecule has 0 amide bonds. The second-order valence-electron chi connectivity index (χ2n) is 1.16. The normalized spacial score (nSPS) is 9.78. The molecule has 0 aromatic heterocycles. The summed E-state index contributed by atoms with van der Waals surface area (Å²) in [5.41, 5.74) is 0. The minimum Gasteiger partial charge on any atom is -0.459 e. The summed E-state index contributed by atoms with van der Waals surface area (Å²) in [5.74, 6) is -1.67. The van der Waals surface area contributed by atoms with Gasteiger partial charge in [-0.2, -0.15) is 8.78 Å². The Morgan fingerprint density at radius 1 is 1.56 bits per heavy atom. The molecule has 0 unspecified atom stereocenters. The first-order chi connectivity index (χ1) is 4.18. The Kier molecular flexibility index (Phi) is 3.83. The predicted octanol–water partition coefficient (Wildman–Crippen LogP) is 0.764. The summed E-state index contributed by atoms with van der Waals surface area (Å²) in [5, 5.41) is 0. The van der Waals surface area contributed by atoms with Crippen molar-refractivity contribution in [2.45, 2.75) is 6.43 Å². The van der Waals surface area contributed by atoms with Gasteiger partial charge in [-0.1, -0.05) is 0 Å². The smallest absolute Gasteiger partial charge is 0.373 e. The van der Waals surface area contributed by atoms with E-state index < -0.39 is 25.7 Å². The summed E-state index contributed by atoms with van der Waals surface area (Å²) in [6.07, 6.45) is -3.16. The van der Waals surface area contributed by atoms with E-state index in [4.69, 9.17) is 0 Å². The number of hydrogen-bond donors (Lipinski definition) is 0. The fourth-order valence-corrected chi connectivity index (χ4v) is 0.202. The van der Waals surface area contributed by atoms with Crippen LogP contribution in [-0.2, 0) is 9.53 Å². The van der Waals surface area contributed by atoms with Crippen LogP contribution < -0.4 is 0 Å². The Morgan fingerprint density at radius 3 is 2.44 bits per heavy atom. The van der Waals surface area contributed by atoms with Crippen molar-refractivity contribution < 1.29 is 22.7 Å². The molecule has 0 fully saturated rings.